The topological polar surface area (TPSA) is 60.4 Å². The quantitative estimate of drug-likeness (QED) is 0.510. The van der Waals surface area contributed by atoms with Gasteiger partial charge in [-0.05, 0) is 19.9 Å². The number of nitrogens with zero attached hydrogens (tertiary/aromatic N) is 3. The van der Waals surface area contributed by atoms with Crippen molar-refractivity contribution in [3.05, 3.63) is 39.8 Å². The van der Waals surface area contributed by atoms with Crippen LogP contribution < -0.4 is 0 Å². The van der Waals surface area contributed by atoms with Crippen LogP contribution >= 0.6 is 0 Å². The molecule has 0 unspecified atom stereocenters. The van der Waals surface area contributed by atoms with Gasteiger partial charge in [0.05, 0.1) is 10.6 Å². The van der Waals surface area contributed by atoms with Crippen LogP contribution in [0.4, 0.5) is 5.69 Å². The molecule has 0 aromatic carbocycles. The molecule has 72 valence electrons. The molecule has 5 nitrogen and oxygen atoms in total. The minimum atomic E-state index is -0.415. The first-order chi connectivity index (χ1) is 6.61. The molecule has 0 amide bonds. The number of pyridine rings is 1. The number of nitro groups is 1. The van der Waals surface area contributed by atoms with E-state index in [1.54, 1.807) is 16.7 Å². The van der Waals surface area contributed by atoms with Crippen LogP contribution in [0, 0.1) is 24.0 Å². The van der Waals surface area contributed by atoms with Gasteiger partial charge in [-0.15, -0.1) is 0 Å². The highest BCUT2D eigenvalue weighted by Crippen LogP contribution is 2.20. The van der Waals surface area contributed by atoms with E-state index in [0.717, 1.165) is 11.4 Å². The minimum Gasteiger partial charge on any atom is -0.298 e. The van der Waals surface area contributed by atoms with Gasteiger partial charge in [0.2, 0.25) is 5.65 Å². The van der Waals surface area contributed by atoms with E-state index in [4.69, 9.17) is 0 Å². The van der Waals surface area contributed by atoms with Crippen LogP contribution in [0.3, 0.4) is 0 Å². The lowest BCUT2D eigenvalue weighted by molar-refractivity contribution is -0.383. The molecular formula is C9H9N3O2. The molecule has 2 aromatic heterocycles. The molecule has 2 aromatic rings. The Hall–Kier alpha value is -1.91. The third-order valence-electron chi connectivity index (χ3n) is 2.30. The maximum atomic E-state index is 10.7. The molecule has 0 saturated heterocycles. The van der Waals surface area contributed by atoms with Crippen LogP contribution in [-0.4, -0.2) is 14.3 Å². The molecule has 0 fully saturated rings. The number of hydrogen-bond donors (Lipinski definition) is 0. The van der Waals surface area contributed by atoms with Crippen molar-refractivity contribution in [2.24, 2.45) is 0 Å². The van der Waals surface area contributed by atoms with Crippen molar-refractivity contribution in [2.45, 2.75) is 13.8 Å². The van der Waals surface area contributed by atoms with E-state index < -0.39 is 4.92 Å². The van der Waals surface area contributed by atoms with Gasteiger partial charge in [-0.3, -0.25) is 14.5 Å². The molecular weight excluding hydrogens is 182 g/mol. The summed E-state index contributed by atoms with van der Waals surface area (Å²) < 4.78 is 1.73. The summed E-state index contributed by atoms with van der Waals surface area (Å²) in [6.07, 6.45) is 1.78. The van der Waals surface area contributed by atoms with Gasteiger partial charge in [0.15, 0.2) is 0 Å². The molecule has 2 heterocycles. The average Bonchev–Trinajstić information content (AvgIpc) is 2.43. The Morgan fingerprint density at radius 2 is 2.21 bits per heavy atom. The molecule has 0 N–H and O–H groups in total. The number of hydrogen-bond acceptors (Lipinski definition) is 3. The van der Waals surface area contributed by atoms with E-state index >= 15 is 0 Å². The molecule has 5 heteroatoms. The predicted molar refractivity (Wildman–Crippen MR) is 51.3 cm³/mol. The highest BCUT2D eigenvalue weighted by Gasteiger charge is 2.15. The Morgan fingerprint density at radius 1 is 1.50 bits per heavy atom. The Morgan fingerprint density at radius 3 is 2.86 bits per heavy atom. The summed E-state index contributed by atoms with van der Waals surface area (Å²) in [6, 6.07) is 3.11. The first kappa shape index (κ1) is 8.68. The first-order valence-corrected chi connectivity index (χ1v) is 4.20. The van der Waals surface area contributed by atoms with Crippen molar-refractivity contribution in [3.8, 4) is 0 Å². The monoisotopic (exact) mass is 191 g/mol. The smallest absolute Gasteiger partial charge is 0.298 e. The van der Waals surface area contributed by atoms with Crippen molar-refractivity contribution >= 4 is 11.3 Å². The normalized spacial score (nSPS) is 10.7. The lowest BCUT2D eigenvalue weighted by Crippen LogP contribution is -1.93. The van der Waals surface area contributed by atoms with E-state index in [2.05, 4.69) is 4.98 Å². The van der Waals surface area contributed by atoms with E-state index in [1.807, 2.05) is 13.8 Å². The van der Waals surface area contributed by atoms with Crippen LogP contribution in [0.25, 0.3) is 5.65 Å². The number of rotatable bonds is 1. The number of imidazole rings is 1. The zero-order chi connectivity index (χ0) is 10.3. The SMILES string of the molecule is Cc1nc2c([N+](=O)[O-])cccn2c1C. The van der Waals surface area contributed by atoms with Gasteiger partial charge in [0.1, 0.15) is 0 Å². The zero-order valence-corrected chi connectivity index (χ0v) is 7.89. The highest BCUT2D eigenvalue weighted by molar-refractivity contribution is 5.60. The van der Waals surface area contributed by atoms with Gasteiger partial charge in [-0.2, -0.15) is 0 Å². The van der Waals surface area contributed by atoms with Crippen molar-refractivity contribution in [2.75, 3.05) is 0 Å². The second-order valence-corrected chi connectivity index (χ2v) is 3.13. The van der Waals surface area contributed by atoms with E-state index in [-0.39, 0.29) is 5.69 Å². The van der Waals surface area contributed by atoms with Gasteiger partial charge in [0, 0.05) is 18.0 Å². The van der Waals surface area contributed by atoms with Crippen molar-refractivity contribution in [3.63, 3.8) is 0 Å². The number of fused-ring (bicyclic) bond motifs is 1. The molecule has 14 heavy (non-hydrogen) atoms. The van der Waals surface area contributed by atoms with Crippen LogP contribution in [0.5, 0.6) is 0 Å². The van der Waals surface area contributed by atoms with E-state index in [9.17, 15) is 10.1 Å². The molecule has 0 radical (unpaired) electrons. The Labute approximate surface area is 80.2 Å². The molecule has 0 aliphatic carbocycles. The summed E-state index contributed by atoms with van der Waals surface area (Å²) in [6.45, 7) is 3.73. The fourth-order valence-electron chi connectivity index (χ4n) is 1.43. The van der Waals surface area contributed by atoms with Crippen LogP contribution in [0.15, 0.2) is 18.3 Å². The second kappa shape index (κ2) is 2.80. The summed E-state index contributed by atoms with van der Waals surface area (Å²) in [5.41, 5.74) is 2.21. The molecule has 0 aliphatic heterocycles. The van der Waals surface area contributed by atoms with Crippen molar-refractivity contribution in [1.29, 1.82) is 0 Å². The summed E-state index contributed by atoms with van der Waals surface area (Å²) in [7, 11) is 0. The minimum absolute atomic E-state index is 0.0451. The van der Waals surface area contributed by atoms with Gasteiger partial charge in [-0.25, -0.2) is 4.98 Å². The fourth-order valence-corrected chi connectivity index (χ4v) is 1.43. The molecule has 2 rings (SSSR count). The van der Waals surface area contributed by atoms with Crippen LogP contribution in [0.2, 0.25) is 0 Å². The summed E-state index contributed by atoms with van der Waals surface area (Å²) in [4.78, 5) is 14.4. The van der Waals surface area contributed by atoms with Crippen molar-refractivity contribution < 1.29 is 4.92 Å². The summed E-state index contributed by atoms with van der Waals surface area (Å²) in [5, 5.41) is 10.7. The van der Waals surface area contributed by atoms with Crippen LogP contribution in [0.1, 0.15) is 11.4 Å². The molecule has 0 bridgehead atoms. The second-order valence-electron chi connectivity index (χ2n) is 3.13. The average molecular weight is 191 g/mol. The van der Waals surface area contributed by atoms with Gasteiger partial charge < -0.3 is 0 Å². The largest absolute Gasteiger partial charge is 0.312 e. The predicted octanol–water partition coefficient (Wildman–Crippen LogP) is 1.86. The Balaban J connectivity index is 2.88. The summed E-state index contributed by atoms with van der Waals surface area (Å²) in [5.74, 6) is 0. The van der Waals surface area contributed by atoms with Crippen LogP contribution in [-0.2, 0) is 0 Å². The van der Waals surface area contributed by atoms with E-state index in [1.165, 1.54) is 6.07 Å². The number of aromatic nitrogens is 2. The Bertz CT molecular complexity index is 516. The number of aryl methyl sites for hydroxylation is 2. The third-order valence-corrected chi connectivity index (χ3v) is 2.30. The lowest BCUT2D eigenvalue weighted by Gasteiger charge is -1.95. The van der Waals surface area contributed by atoms with E-state index in [0.29, 0.717) is 5.65 Å². The molecule has 0 spiro atoms. The molecule has 0 atom stereocenters. The van der Waals surface area contributed by atoms with Crippen molar-refractivity contribution in [1.82, 2.24) is 9.38 Å². The van der Waals surface area contributed by atoms with Gasteiger partial charge in [0.25, 0.3) is 0 Å². The fraction of sp³-hybridized carbons (Fsp3) is 0.222. The zero-order valence-electron chi connectivity index (χ0n) is 7.89. The standard InChI is InChI=1S/C9H9N3O2/c1-6-7(2)11-5-3-4-8(12(13)14)9(11)10-6/h3-5H,1-2H3. The summed E-state index contributed by atoms with van der Waals surface area (Å²) >= 11 is 0. The highest BCUT2D eigenvalue weighted by atomic mass is 16.6. The first-order valence-electron chi connectivity index (χ1n) is 4.20. The molecule has 0 saturated carbocycles. The Kier molecular flexibility index (Phi) is 1.73. The maximum Gasteiger partial charge on any atom is 0.312 e. The van der Waals surface area contributed by atoms with Gasteiger partial charge >= 0.3 is 5.69 Å². The molecule has 0 aliphatic rings. The van der Waals surface area contributed by atoms with Gasteiger partial charge in [-0.1, -0.05) is 0 Å². The lowest BCUT2D eigenvalue weighted by atomic mass is 10.4. The maximum absolute atomic E-state index is 10.7. The third kappa shape index (κ3) is 1.06.